The SMILES string of the molecule is C=CC12CNCCC1=CC(Nc1ccccc1)=C(C=N)C2. The van der Waals surface area contributed by atoms with Crippen molar-refractivity contribution in [3.63, 3.8) is 0 Å². The van der Waals surface area contributed by atoms with E-state index in [4.69, 9.17) is 5.41 Å². The van der Waals surface area contributed by atoms with Crippen LogP contribution in [0.2, 0.25) is 0 Å². The number of fused-ring (bicyclic) bond motifs is 1. The number of piperidine rings is 1. The first kappa shape index (κ1) is 13.8. The Morgan fingerprint density at radius 3 is 2.81 bits per heavy atom. The van der Waals surface area contributed by atoms with E-state index in [-0.39, 0.29) is 5.41 Å². The van der Waals surface area contributed by atoms with Crippen molar-refractivity contribution in [2.75, 3.05) is 18.4 Å². The Hall–Kier alpha value is -2.13. The Balaban J connectivity index is 1.96. The van der Waals surface area contributed by atoms with Crippen molar-refractivity contribution >= 4 is 11.9 Å². The second-order valence-electron chi connectivity index (χ2n) is 5.71. The maximum absolute atomic E-state index is 7.75. The summed E-state index contributed by atoms with van der Waals surface area (Å²) in [5, 5.41) is 14.7. The highest BCUT2D eigenvalue weighted by Crippen LogP contribution is 2.43. The highest BCUT2D eigenvalue weighted by Gasteiger charge is 2.37. The third kappa shape index (κ3) is 2.57. The molecular weight excluding hydrogens is 258 g/mol. The van der Waals surface area contributed by atoms with Crippen molar-refractivity contribution in [1.82, 2.24) is 5.32 Å². The first-order valence-corrected chi connectivity index (χ1v) is 7.38. The highest BCUT2D eigenvalue weighted by molar-refractivity contribution is 5.81. The van der Waals surface area contributed by atoms with Gasteiger partial charge in [-0.3, -0.25) is 0 Å². The molecule has 1 aliphatic heterocycles. The van der Waals surface area contributed by atoms with Crippen LogP contribution in [0.5, 0.6) is 0 Å². The molecule has 1 aliphatic carbocycles. The lowest BCUT2D eigenvalue weighted by atomic mass is 9.69. The normalized spacial score (nSPS) is 24.9. The summed E-state index contributed by atoms with van der Waals surface area (Å²) < 4.78 is 0. The molecule has 3 N–H and O–H groups in total. The molecular formula is C18H21N3. The standard InChI is InChI=1S/C18H21N3/c1-2-18-11-14(12-19)17(10-15(18)8-9-20-13-18)21-16-6-4-3-5-7-16/h2-7,10,12,19-21H,1,8-9,11,13H2. The molecule has 0 bridgehead atoms. The van der Waals surface area contributed by atoms with Gasteiger partial charge in [-0.2, -0.15) is 0 Å². The Kier molecular flexibility index (Phi) is 3.76. The van der Waals surface area contributed by atoms with Crippen LogP contribution in [-0.2, 0) is 0 Å². The second kappa shape index (κ2) is 5.70. The lowest BCUT2D eigenvalue weighted by Gasteiger charge is -2.41. The predicted octanol–water partition coefficient (Wildman–Crippen LogP) is 3.50. The lowest BCUT2D eigenvalue weighted by Crippen LogP contribution is -2.42. The number of nitrogens with one attached hydrogen (secondary N) is 3. The van der Waals surface area contributed by atoms with Crippen LogP contribution < -0.4 is 10.6 Å². The minimum absolute atomic E-state index is 0.0208. The molecule has 1 saturated heterocycles. The fourth-order valence-electron chi connectivity index (χ4n) is 3.19. The minimum Gasteiger partial charge on any atom is -0.355 e. The van der Waals surface area contributed by atoms with Crippen LogP contribution in [0, 0.1) is 10.8 Å². The van der Waals surface area contributed by atoms with E-state index >= 15 is 0 Å². The number of rotatable bonds is 4. The highest BCUT2D eigenvalue weighted by atomic mass is 14.9. The van der Waals surface area contributed by atoms with E-state index in [0.29, 0.717) is 0 Å². The quantitative estimate of drug-likeness (QED) is 0.583. The summed E-state index contributed by atoms with van der Waals surface area (Å²) in [6.45, 7) is 5.97. The van der Waals surface area contributed by atoms with Crippen molar-refractivity contribution in [2.45, 2.75) is 12.8 Å². The topological polar surface area (TPSA) is 47.9 Å². The minimum atomic E-state index is -0.0208. The molecule has 1 heterocycles. The van der Waals surface area contributed by atoms with Crippen LogP contribution in [0.1, 0.15) is 12.8 Å². The molecule has 1 fully saturated rings. The number of benzene rings is 1. The van der Waals surface area contributed by atoms with Gasteiger partial charge < -0.3 is 16.0 Å². The average Bonchev–Trinajstić information content (AvgIpc) is 2.55. The smallest absolute Gasteiger partial charge is 0.0432 e. The Morgan fingerprint density at radius 1 is 1.29 bits per heavy atom. The molecule has 1 atom stereocenters. The van der Waals surface area contributed by atoms with E-state index in [1.165, 1.54) is 11.8 Å². The largest absolute Gasteiger partial charge is 0.355 e. The molecule has 1 unspecified atom stereocenters. The van der Waals surface area contributed by atoms with Gasteiger partial charge in [0.25, 0.3) is 0 Å². The molecule has 2 aliphatic rings. The van der Waals surface area contributed by atoms with Crippen LogP contribution >= 0.6 is 0 Å². The van der Waals surface area contributed by atoms with Crippen LogP contribution in [-0.4, -0.2) is 19.3 Å². The van der Waals surface area contributed by atoms with Gasteiger partial charge in [0.05, 0.1) is 0 Å². The van der Waals surface area contributed by atoms with Crippen LogP contribution in [0.4, 0.5) is 5.69 Å². The summed E-state index contributed by atoms with van der Waals surface area (Å²) in [6.07, 6.45) is 7.62. The van der Waals surface area contributed by atoms with Crippen LogP contribution in [0.3, 0.4) is 0 Å². The number of hydrogen-bond donors (Lipinski definition) is 3. The molecule has 108 valence electrons. The van der Waals surface area contributed by atoms with E-state index in [2.05, 4.69) is 23.3 Å². The number of para-hydroxylation sites is 1. The lowest BCUT2D eigenvalue weighted by molar-refractivity contribution is 0.365. The molecule has 0 amide bonds. The third-order valence-corrected chi connectivity index (χ3v) is 4.44. The molecule has 0 spiro atoms. The van der Waals surface area contributed by atoms with Crippen LogP contribution in [0.15, 0.2) is 65.9 Å². The predicted molar refractivity (Wildman–Crippen MR) is 88.7 cm³/mol. The molecule has 1 aromatic rings. The molecule has 3 rings (SSSR count). The second-order valence-corrected chi connectivity index (χ2v) is 5.71. The maximum Gasteiger partial charge on any atom is 0.0432 e. The van der Waals surface area contributed by atoms with Gasteiger partial charge >= 0.3 is 0 Å². The molecule has 3 heteroatoms. The fraction of sp³-hybridized carbons (Fsp3) is 0.278. The van der Waals surface area contributed by atoms with Gasteiger partial charge in [-0.15, -0.1) is 6.58 Å². The summed E-state index contributed by atoms with van der Waals surface area (Å²) in [6, 6.07) is 10.1. The van der Waals surface area contributed by atoms with Gasteiger partial charge in [-0.25, -0.2) is 0 Å². The van der Waals surface area contributed by atoms with Crippen molar-refractivity contribution in [3.8, 4) is 0 Å². The van der Waals surface area contributed by atoms with Gasteiger partial charge in [0.15, 0.2) is 0 Å². The number of hydrogen-bond acceptors (Lipinski definition) is 3. The third-order valence-electron chi connectivity index (χ3n) is 4.44. The molecule has 0 saturated carbocycles. The Labute approximate surface area is 126 Å². The molecule has 0 aromatic heterocycles. The fourth-order valence-corrected chi connectivity index (χ4v) is 3.19. The number of allylic oxidation sites excluding steroid dienone is 2. The molecule has 21 heavy (non-hydrogen) atoms. The molecule has 1 aromatic carbocycles. The molecule has 3 nitrogen and oxygen atoms in total. The van der Waals surface area contributed by atoms with Crippen molar-refractivity contribution in [3.05, 3.63) is 65.9 Å². The van der Waals surface area contributed by atoms with E-state index in [9.17, 15) is 0 Å². The first-order valence-electron chi connectivity index (χ1n) is 7.38. The average molecular weight is 279 g/mol. The van der Waals surface area contributed by atoms with Crippen molar-refractivity contribution in [2.24, 2.45) is 5.41 Å². The zero-order valence-corrected chi connectivity index (χ0v) is 12.2. The monoisotopic (exact) mass is 279 g/mol. The van der Waals surface area contributed by atoms with Gasteiger partial charge in [-0.1, -0.05) is 29.8 Å². The van der Waals surface area contributed by atoms with E-state index < -0.39 is 0 Å². The first-order chi connectivity index (χ1) is 10.3. The summed E-state index contributed by atoms with van der Waals surface area (Å²) in [5.41, 5.74) is 4.54. The maximum atomic E-state index is 7.75. The Morgan fingerprint density at radius 2 is 2.10 bits per heavy atom. The Bertz CT molecular complexity index is 613. The summed E-state index contributed by atoms with van der Waals surface area (Å²) in [7, 11) is 0. The van der Waals surface area contributed by atoms with Crippen molar-refractivity contribution in [1.29, 1.82) is 5.41 Å². The van der Waals surface area contributed by atoms with Crippen molar-refractivity contribution < 1.29 is 0 Å². The summed E-state index contributed by atoms with van der Waals surface area (Å²) in [4.78, 5) is 0. The van der Waals surface area contributed by atoms with Gasteiger partial charge in [0.2, 0.25) is 0 Å². The summed E-state index contributed by atoms with van der Waals surface area (Å²) >= 11 is 0. The van der Waals surface area contributed by atoms with E-state index in [1.807, 2.05) is 36.4 Å². The van der Waals surface area contributed by atoms with Gasteiger partial charge in [0.1, 0.15) is 0 Å². The van der Waals surface area contributed by atoms with E-state index in [1.54, 1.807) is 0 Å². The van der Waals surface area contributed by atoms with Gasteiger partial charge in [-0.05, 0) is 43.2 Å². The zero-order chi connectivity index (χ0) is 14.7. The zero-order valence-electron chi connectivity index (χ0n) is 12.2. The molecule has 0 radical (unpaired) electrons. The van der Waals surface area contributed by atoms with Gasteiger partial charge in [0, 0.05) is 29.6 Å². The summed E-state index contributed by atoms with van der Waals surface area (Å²) in [5.74, 6) is 0. The number of anilines is 1. The van der Waals surface area contributed by atoms with E-state index in [0.717, 1.165) is 42.9 Å². The van der Waals surface area contributed by atoms with Crippen LogP contribution in [0.25, 0.3) is 0 Å².